The zero-order chi connectivity index (χ0) is 11.0. The fraction of sp³-hybridized carbons (Fsp3) is 0.615. The van der Waals surface area contributed by atoms with Crippen LogP contribution in [0.3, 0.4) is 0 Å². The zero-order valence-electron chi connectivity index (χ0n) is 9.87. The van der Waals surface area contributed by atoms with Gasteiger partial charge in [-0.1, -0.05) is 0 Å². The molecule has 2 saturated heterocycles. The van der Waals surface area contributed by atoms with E-state index < -0.39 is 0 Å². The molecule has 1 aromatic rings. The van der Waals surface area contributed by atoms with Crippen molar-refractivity contribution in [3.8, 4) is 0 Å². The summed E-state index contributed by atoms with van der Waals surface area (Å²) >= 11 is 0. The van der Waals surface area contributed by atoms with Crippen molar-refractivity contribution >= 4 is 5.69 Å². The predicted molar refractivity (Wildman–Crippen MR) is 65.7 cm³/mol. The van der Waals surface area contributed by atoms with Gasteiger partial charge < -0.3 is 10.2 Å². The first-order valence-corrected chi connectivity index (χ1v) is 6.15. The summed E-state index contributed by atoms with van der Waals surface area (Å²) in [6, 6.07) is 2.15. The van der Waals surface area contributed by atoms with Gasteiger partial charge in [-0.25, -0.2) is 0 Å². The Bertz CT molecular complexity index is 383. The largest absolute Gasteiger partial charge is 0.371 e. The van der Waals surface area contributed by atoms with Crippen LogP contribution < -0.4 is 10.2 Å². The molecule has 86 valence electrons. The standard InChI is InChI=1S/C13H19N3/c1-11-8-14-5-2-12(11)16-7-4-13(10-16)3-6-15-9-13/h2,5,8,15H,3-4,6-7,9-10H2,1H3. The minimum Gasteiger partial charge on any atom is -0.371 e. The first kappa shape index (κ1) is 10.1. The molecule has 2 aliphatic heterocycles. The van der Waals surface area contributed by atoms with Gasteiger partial charge in [0.05, 0.1) is 0 Å². The van der Waals surface area contributed by atoms with Crippen LogP contribution >= 0.6 is 0 Å². The van der Waals surface area contributed by atoms with Crippen LogP contribution in [0.2, 0.25) is 0 Å². The highest BCUT2D eigenvalue weighted by molar-refractivity contribution is 5.52. The number of hydrogen-bond acceptors (Lipinski definition) is 3. The lowest BCUT2D eigenvalue weighted by Gasteiger charge is -2.25. The molecule has 0 aliphatic carbocycles. The van der Waals surface area contributed by atoms with Crippen molar-refractivity contribution in [3.63, 3.8) is 0 Å². The van der Waals surface area contributed by atoms with Crippen molar-refractivity contribution in [2.24, 2.45) is 5.41 Å². The smallest absolute Gasteiger partial charge is 0.0427 e. The van der Waals surface area contributed by atoms with E-state index in [-0.39, 0.29) is 0 Å². The molecule has 0 aromatic carbocycles. The Morgan fingerprint density at radius 2 is 2.38 bits per heavy atom. The molecule has 3 rings (SSSR count). The normalized spacial score (nSPS) is 29.2. The lowest BCUT2D eigenvalue weighted by atomic mass is 9.86. The molecule has 1 unspecified atom stereocenters. The summed E-state index contributed by atoms with van der Waals surface area (Å²) in [6.45, 7) is 6.97. The quantitative estimate of drug-likeness (QED) is 0.774. The fourth-order valence-corrected chi connectivity index (χ4v) is 3.11. The maximum absolute atomic E-state index is 4.17. The Balaban J connectivity index is 1.81. The molecule has 1 atom stereocenters. The second-order valence-electron chi connectivity index (χ2n) is 5.26. The topological polar surface area (TPSA) is 28.2 Å². The summed E-state index contributed by atoms with van der Waals surface area (Å²) in [5, 5.41) is 3.50. The van der Waals surface area contributed by atoms with Crippen molar-refractivity contribution in [2.75, 3.05) is 31.1 Å². The average molecular weight is 217 g/mol. The molecule has 3 heterocycles. The predicted octanol–water partition coefficient (Wildman–Crippen LogP) is 1.58. The van der Waals surface area contributed by atoms with E-state index in [0.29, 0.717) is 5.41 Å². The summed E-state index contributed by atoms with van der Waals surface area (Å²) in [7, 11) is 0. The number of rotatable bonds is 1. The third-order valence-electron chi connectivity index (χ3n) is 4.10. The Morgan fingerprint density at radius 1 is 1.44 bits per heavy atom. The highest BCUT2D eigenvalue weighted by Gasteiger charge is 2.40. The van der Waals surface area contributed by atoms with Crippen molar-refractivity contribution in [1.82, 2.24) is 10.3 Å². The van der Waals surface area contributed by atoms with Gasteiger partial charge in [0.25, 0.3) is 0 Å². The minimum atomic E-state index is 0.551. The molecule has 16 heavy (non-hydrogen) atoms. The molecule has 3 nitrogen and oxygen atoms in total. The van der Waals surface area contributed by atoms with Crippen molar-refractivity contribution < 1.29 is 0 Å². The third-order valence-corrected chi connectivity index (χ3v) is 4.10. The molecule has 1 spiro atoms. The molecule has 3 heteroatoms. The van der Waals surface area contributed by atoms with Crippen LogP contribution in [0.4, 0.5) is 5.69 Å². The summed E-state index contributed by atoms with van der Waals surface area (Å²) in [5.74, 6) is 0. The van der Waals surface area contributed by atoms with Gasteiger partial charge in [0.2, 0.25) is 0 Å². The maximum Gasteiger partial charge on any atom is 0.0427 e. The summed E-state index contributed by atoms with van der Waals surface area (Å²) < 4.78 is 0. The number of aromatic nitrogens is 1. The maximum atomic E-state index is 4.17. The van der Waals surface area contributed by atoms with Gasteiger partial charge in [-0.2, -0.15) is 0 Å². The molecule has 0 bridgehead atoms. The van der Waals surface area contributed by atoms with E-state index in [4.69, 9.17) is 0 Å². The van der Waals surface area contributed by atoms with Crippen molar-refractivity contribution in [3.05, 3.63) is 24.0 Å². The Labute approximate surface area is 96.9 Å². The number of hydrogen-bond donors (Lipinski definition) is 1. The van der Waals surface area contributed by atoms with Gasteiger partial charge in [-0.3, -0.25) is 4.98 Å². The Morgan fingerprint density at radius 3 is 3.12 bits per heavy atom. The lowest BCUT2D eigenvalue weighted by Crippen LogP contribution is -2.29. The third kappa shape index (κ3) is 1.59. The first-order chi connectivity index (χ1) is 7.79. The molecular formula is C13H19N3. The van der Waals surface area contributed by atoms with Gasteiger partial charge in [-0.05, 0) is 37.9 Å². The van der Waals surface area contributed by atoms with Gasteiger partial charge in [0.15, 0.2) is 0 Å². The monoisotopic (exact) mass is 217 g/mol. The van der Waals surface area contributed by atoms with Crippen LogP contribution in [-0.4, -0.2) is 31.2 Å². The van der Waals surface area contributed by atoms with E-state index in [2.05, 4.69) is 28.2 Å². The number of nitrogens with one attached hydrogen (secondary N) is 1. The first-order valence-electron chi connectivity index (χ1n) is 6.15. The van der Waals surface area contributed by atoms with Gasteiger partial charge >= 0.3 is 0 Å². The van der Waals surface area contributed by atoms with Crippen molar-refractivity contribution in [2.45, 2.75) is 19.8 Å². The fourth-order valence-electron chi connectivity index (χ4n) is 3.11. The van der Waals surface area contributed by atoms with E-state index in [1.165, 1.54) is 50.3 Å². The van der Waals surface area contributed by atoms with E-state index in [1.807, 2.05) is 12.4 Å². The van der Waals surface area contributed by atoms with Crippen LogP contribution in [-0.2, 0) is 0 Å². The zero-order valence-corrected chi connectivity index (χ0v) is 9.87. The van der Waals surface area contributed by atoms with E-state index in [0.717, 1.165) is 0 Å². The van der Waals surface area contributed by atoms with Crippen molar-refractivity contribution in [1.29, 1.82) is 0 Å². The number of pyridine rings is 1. The molecule has 1 aromatic heterocycles. The van der Waals surface area contributed by atoms with Gasteiger partial charge in [-0.15, -0.1) is 0 Å². The van der Waals surface area contributed by atoms with E-state index in [1.54, 1.807) is 0 Å². The number of anilines is 1. The molecular weight excluding hydrogens is 198 g/mol. The molecule has 2 fully saturated rings. The van der Waals surface area contributed by atoms with Crippen LogP contribution in [0.25, 0.3) is 0 Å². The van der Waals surface area contributed by atoms with Gasteiger partial charge in [0.1, 0.15) is 0 Å². The second-order valence-corrected chi connectivity index (χ2v) is 5.26. The van der Waals surface area contributed by atoms with Crippen LogP contribution in [0.15, 0.2) is 18.5 Å². The number of aryl methyl sites for hydroxylation is 1. The highest BCUT2D eigenvalue weighted by Crippen LogP contribution is 2.38. The van der Waals surface area contributed by atoms with Crippen LogP contribution in [0.5, 0.6) is 0 Å². The van der Waals surface area contributed by atoms with E-state index >= 15 is 0 Å². The number of nitrogens with zero attached hydrogens (tertiary/aromatic N) is 2. The molecule has 1 N–H and O–H groups in total. The minimum absolute atomic E-state index is 0.551. The second kappa shape index (κ2) is 3.74. The lowest BCUT2D eigenvalue weighted by molar-refractivity contribution is 0.369. The van der Waals surface area contributed by atoms with Crippen LogP contribution in [0, 0.1) is 12.3 Å². The SMILES string of the molecule is Cc1cnccc1N1CCC2(CCNC2)C1. The molecule has 0 saturated carbocycles. The van der Waals surface area contributed by atoms with E-state index in [9.17, 15) is 0 Å². The Kier molecular flexibility index (Phi) is 2.36. The highest BCUT2D eigenvalue weighted by atomic mass is 15.2. The summed E-state index contributed by atoms with van der Waals surface area (Å²) in [4.78, 5) is 6.70. The molecule has 0 radical (unpaired) electrons. The molecule has 2 aliphatic rings. The van der Waals surface area contributed by atoms with Gasteiger partial charge in [0, 0.05) is 43.1 Å². The Hall–Kier alpha value is -1.09. The average Bonchev–Trinajstić information content (AvgIpc) is 2.91. The van der Waals surface area contributed by atoms with Crippen LogP contribution in [0.1, 0.15) is 18.4 Å². The molecule has 0 amide bonds. The summed E-state index contributed by atoms with van der Waals surface area (Å²) in [6.07, 6.45) is 6.54. The summed E-state index contributed by atoms with van der Waals surface area (Å²) in [5.41, 5.74) is 3.22.